The number of aromatic amines is 1. The molecule has 2 fully saturated rings. The average Bonchev–Trinajstić information content (AvgIpc) is 2.98. The van der Waals surface area contributed by atoms with Gasteiger partial charge in [0.15, 0.2) is 0 Å². The van der Waals surface area contributed by atoms with Crippen LogP contribution >= 0.6 is 0 Å². The number of H-pyrrole nitrogens is 1. The first kappa shape index (κ1) is 21.3. The molecule has 1 saturated heterocycles. The zero-order valence-electron chi connectivity index (χ0n) is 17.7. The molecule has 7 heteroatoms. The van der Waals surface area contributed by atoms with Gasteiger partial charge in [-0.15, -0.1) is 0 Å². The summed E-state index contributed by atoms with van der Waals surface area (Å²) in [5.74, 6) is -0.307. The first-order valence-corrected chi connectivity index (χ1v) is 11.0. The Morgan fingerprint density at radius 3 is 2.48 bits per heavy atom. The van der Waals surface area contributed by atoms with Gasteiger partial charge in [0.1, 0.15) is 6.54 Å². The molecule has 31 heavy (non-hydrogen) atoms. The molecule has 2 aromatic rings. The maximum absolute atomic E-state index is 13.2. The highest BCUT2D eigenvalue weighted by Crippen LogP contribution is 2.25. The Kier molecular flexibility index (Phi) is 6.82. The second-order valence-electron chi connectivity index (χ2n) is 8.38. The number of hydrogen-bond donors (Lipinski definition) is 1. The lowest BCUT2D eigenvalue weighted by Gasteiger charge is -2.34. The molecule has 2 amide bonds. The van der Waals surface area contributed by atoms with Gasteiger partial charge in [-0.3, -0.25) is 14.4 Å². The summed E-state index contributed by atoms with van der Waals surface area (Å²) in [5, 5.41) is 0. The number of pyridine rings is 1. The van der Waals surface area contributed by atoms with E-state index < -0.39 is 0 Å². The van der Waals surface area contributed by atoms with Gasteiger partial charge in [-0.05, 0) is 24.5 Å². The van der Waals surface area contributed by atoms with Crippen molar-refractivity contribution in [2.24, 2.45) is 0 Å². The standard InChI is InChI=1S/C24H29N3O4/c28-22-12-11-19(13-25-22)24(30)26-14-21(31-17-18-7-3-1-4-8-18)15-27(23(29)16-26)20-9-5-2-6-10-20/h1,3-4,7-8,11-13,20-21H,2,5-6,9-10,14-17H2,(H,25,28)/t21-/m1/s1. The summed E-state index contributed by atoms with van der Waals surface area (Å²) in [4.78, 5) is 43.6. The molecular formula is C24H29N3O4. The van der Waals surface area contributed by atoms with Gasteiger partial charge in [0.25, 0.3) is 5.91 Å². The number of carbonyl (C=O) groups is 2. The molecule has 1 atom stereocenters. The van der Waals surface area contributed by atoms with Crippen molar-refractivity contribution in [3.8, 4) is 0 Å². The minimum absolute atomic E-state index is 0.0274. The Bertz CT molecular complexity index is 932. The van der Waals surface area contributed by atoms with E-state index in [-0.39, 0.29) is 36.1 Å². The molecule has 2 aliphatic rings. The van der Waals surface area contributed by atoms with Crippen molar-refractivity contribution in [3.63, 3.8) is 0 Å². The second-order valence-corrected chi connectivity index (χ2v) is 8.38. The Balaban J connectivity index is 1.53. The van der Waals surface area contributed by atoms with Crippen molar-refractivity contribution in [2.45, 2.75) is 50.9 Å². The van der Waals surface area contributed by atoms with Crippen LogP contribution in [0.3, 0.4) is 0 Å². The van der Waals surface area contributed by atoms with E-state index in [1.807, 2.05) is 35.2 Å². The van der Waals surface area contributed by atoms with E-state index in [9.17, 15) is 14.4 Å². The van der Waals surface area contributed by atoms with Crippen molar-refractivity contribution in [1.82, 2.24) is 14.8 Å². The van der Waals surface area contributed by atoms with Crippen LogP contribution < -0.4 is 5.56 Å². The number of benzene rings is 1. The molecule has 1 N–H and O–H groups in total. The van der Waals surface area contributed by atoms with Gasteiger partial charge in [0.05, 0.1) is 18.3 Å². The molecule has 0 spiro atoms. The maximum Gasteiger partial charge on any atom is 0.255 e. The molecule has 1 aromatic carbocycles. The largest absolute Gasteiger partial charge is 0.370 e. The van der Waals surface area contributed by atoms with E-state index in [0.717, 1.165) is 31.2 Å². The van der Waals surface area contributed by atoms with Crippen LogP contribution in [0.2, 0.25) is 0 Å². The number of rotatable bonds is 5. The summed E-state index contributed by atoms with van der Waals surface area (Å²) < 4.78 is 6.21. The maximum atomic E-state index is 13.2. The topological polar surface area (TPSA) is 82.7 Å². The van der Waals surface area contributed by atoms with Gasteiger partial charge in [0, 0.05) is 31.4 Å². The van der Waals surface area contributed by atoms with Crippen LogP contribution in [0.25, 0.3) is 0 Å². The van der Waals surface area contributed by atoms with Crippen molar-refractivity contribution in [2.75, 3.05) is 19.6 Å². The fourth-order valence-corrected chi connectivity index (χ4v) is 4.46. The van der Waals surface area contributed by atoms with Crippen molar-refractivity contribution in [1.29, 1.82) is 0 Å². The van der Waals surface area contributed by atoms with Crippen LogP contribution in [0, 0.1) is 0 Å². The summed E-state index contributed by atoms with van der Waals surface area (Å²) in [6, 6.07) is 12.9. The third kappa shape index (κ3) is 5.41. The van der Waals surface area contributed by atoms with Crippen LogP contribution in [0.15, 0.2) is 53.5 Å². The molecule has 0 bridgehead atoms. The highest BCUT2D eigenvalue weighted by Gasteiger charge is 2.35. The van der Waals surface area contributed by atoms with E-state index in [0.29, 0.717) is 25.3 Å². The number of aromatic nitrogens is 1. The summed E-state index contributed by atoms with van der Waals surface area (Å²) in [6.45, 7) is 1.28. The van der Waals surface area contributed by atoms with Crippen LogP contribution in [0.1, 0.15) is 48.0 Å². The second kappa shape index (κ2) is 9.92. The van der Waals surface area contributed by atoms with Gasteiger partial charge in [-0.1, -0.05) is 49.6 Å². The average molecular weight is 424 g/mol. The number of carbonyl (C=O) groups excluding carboxylic acids is 2. The molecule has 164 valence electrons. The summed E-state index contributed by atoms with van der Waals surface area (Å²) in [7, 11) is 0. The molecular weight excluding hydrogens is 394 g/mol. The third-order valence-corrected chi connectivity index (χ3v) is 6.13. The van der Waals surface area contributed by atoms with Crippen LogP contribution in [0.5, 0.6) is 0 Å². The molecule has 1 saturated carbocycles. The highest BCUT2D eigenvalue weighted by atomic mass is 16.5. The predicted octanol–water partition coefficient (Wildman–Crippen LogP) is 2.58. The Morgan fingerprint density at radius 2 is 1.77 bits per heavy atom. The van der Waals surface area contributed by atoms with Gasteiger partial charge in [-0.25, -0.2) is 0 Å². The van der Waals surface area contributed by atoms with E-state index in [4.69, 9.17) is 4.74 Å². The quantitative estimate of drug-likeness (QED) is 0.801. The fourth-order valence-electron chi connectivity index (χ4n) is 4.46. The summed E-state index contributed by atoms with van der Waals surface area (Å²) in [6.07, 6.45) is 6.60. The molecule has 1 aromatic heterocycles. The Labute approximate surface area is 182 Å². The van der Waals surface area contributed by atoms with Crippen molar-refractivity contribution >= 4 is 11.8 Å². The normalized spacial score (nSPS) is 20.5. The van der Waals surface area contributed by atoms with E-state index in [2.05, 4.69) is 4.98 Å². The number of ether oxygens (including phenoxy) is 1. The lowest BCUT2D eigenvalue weighted by atomic mass is 9.94. The molecule has 7 nitrogen and oxygen atoms in total. The molecule has 4 rings (SSSR count). The first-order chi connectivity index (χ1) is 15.1. The van der Waals surface area contributed by atoms with E-state index in [1.54, 1.807) is 4.90 Å². The first-order valence-electron chi connectivity index (χ1n) is 11.0. The van der Waals surface area contributed by atoms with Gasteiger partial charge in [-0.2, -0.15) is 0 Å². The van der Waals surface area contributed by atoms with Crippen LogP contribution in [-0.4, -0.2) is 58.4 Å². The Hall–Kier alpha value is -2.93. The lowest BCUT2D eigenvalue weighted by Crippen LogP contribution is -2.46. The van der Waals surface area contributed by atoms with Crippen molar-refractivity contribution in [3.05, 3.63) is 70.1 Å². The molecule has 2 heterocycles. The Morgan fingerprint density at radius 1 is 1.00 bits per heavy atom. The van der Waals surface area contributed by atoms with Gasteiger partial charge >= 0.3 is 0 Å². The SMILES string of the molecule is O=C(c1ccc(=O)[nH]c1)N1CC(=O)N(C2CCCCC2)C[C@H](OCc2ccccc2)C1. The number of nitrogens with one attached hydrogen (secondary N) is 1. The minimum atomic E-state index is -0.278. The van der Waals surface area contributed by atoms with Gasteiger partial charge < -0.3 is 19.5 Å². The number of hydrogen-bond acceptors (Lipinski definition) is 4. The predicted molar refractivity (Wildman–Crippen MR) is 117 cm³/mol. The number of amides is 2. The van der Waals surface area contributed by atoms with Crippen molar-refractivity contribution < 1.29 is 14.3 Å². The highest BCUT2D eigenvalue weighted by molar-refractivity contribution is 5.96. The molecule has 0 radical (unpaired) electrons. The zero-order valence-corrected chi connectivity index (χ0v) is 17.7. The van der Waals surface area contributed by atoms with Gasteiger partial charge in [0.2, 0.25) is 11.5 Å². The number of nitrogens with zero attached hydrogens (tertiary/aromatic N) is 2. The van der Waals surface area contributed by atoms with E-state index in [1.165, 1.54) is 24.8 Å². The van der Waals surface area contributed by atoms with Crippen LogP contribution in [-0.2, 0) is 16.1 Å². The lowest BCUT2D eigenvalue weighted by molar-refractivity contribution is -0.134. The minimum Gasteiger partial charge on any atom is -0.370 e. The monoisotopic (exact) mass is 423 g/mol. The molecule has 1 aliphatic heterocycles. The summed E-state index contributed by atoms with van der Waals surface area (Å²) in [5.41, 5.74) is 1.15. The van der Waals surface area contributed by atoms with Crippen LogP contribution in [0.4, 0.5) is 0 Å². The summed E-state index contributed by atoms with van der Waals surface area (Å²) >= 11 is 0. The zero-order chi connectivity index (χ0) is 21.6. The molecule has 0 unspecified atom stereocenters. The van der Waals surface area contributed by atoms with E-state index >= 15 is 0 Å². The third-order valence-electron chi connectivity index (χ3n) is 6.13. The smallest absolute Gasteiger partial charge is 0.255 e. The molecule has 1 aliphatic carbocycles. The fraction of sp³-hybridized carbons (Fsp3) is 0.458.